The summed E-state index contributed by atoms with van der Waals surface area (Å²) in [5, 5.41) is 0. The molecule has 0 N–H and O–H groups in total. The summed E-state index contributed by atoms with van der Waals surface area (Å²) in [6.07, 6.45) is -2.55. The first-order chi connectivity index (χ1) is 15.4. The molecule has 0 fully saturated rings. The molecular formula is C27H19F3O2. The summed E-state index contributed by atoms with van der Waals surface area (Å²) in [4.78, 5) is 12.7. The van der Waals surface area contributed by atoms with Crippen molar-refractivity contribution in [1.29, 1.82) is 0 Å². The first kappa shape index (κ1) is 21.5. The number of esters is 1. The third kappa shape index (κ3) is 4.92. The Kier molecular flexibility index (Phi) is 6.13. The van der Waals surface area contributed by atoms with Crippen molar-refractivity contribution in [3.05, 3.63) is 119 Å². The SMILES string of the molecule is O=C1OC=C(C#Cc2ccc(C(F)(F)F)cc2)[C@@H](c2ccccc2)[C@@H]1Cc1ccccc1. The van der Waals surface area contributed by atoms with Crippen LogP contribution in [0.25, 0.3) is 0 Å². The monoisotopic (exact) mass is 432 g/mol. The van der Waals surface area contributed by atoms with Crippen LogP contribution in [-0.2, 0) is 22.1 Å². The number of carbonyl (C=O) groups is 1. The Balaban J connectivity index is 1.67. The Morgan fingerprint density at radius 2 is 1.44 bits per heavy atom. The van der Waals surface area contributed by atoms with Crippen molar-refractivity contribution < 1.29 is 22.7 Å². The van der Waals surface area contributed by atoms with Gasteiger partial charge in [-0.25, -0.2) is 0 Å². The predicted molar refractivity (Wildman–Crippen MR) is 115 cm³/mol. The molecule has 0 amide bonds. The zero-order chi connectivity index (χ0) is 22.6. The van der Waals surface area contributed by atoms with Gasteiger partial charge in [-0.15, -0.1) is 0 Å². The average molecular weight is 432 g/mol. The molecule has 2 nitrogen and oxygen atoms in total. The predicted octanol–water partition coefficient (Wildman–Crippen LogP) is 6.14. The van der Waals surface area contributed by atoms with E-state index in [1.807, 2.05) is 60.7 Å². The third-order valence-electron chi connectivity index (χ3n) is 5.36. The lowest BCUT2D eigenvalue weighted by atomic mass is 9.77. The second-order valence-corrected chi connectivity index (χ2v) is 7.52. The van der Waals surface area contributed by atoms with Crippen LogP contribution in [0.1, 0.15) is 28.2 Å². The maximum Gasteiger partial charge on any atom is 0.416 e. The van der Waals surface area contributed by atoms with E-state index in [-0.39, 0.29) is 11.9 Å². The molecule has 160 valence electrons. The van der Waals surface area contributed by atoms with Crippen LogP contribution >= 0.6 is 0 Å². The lowest BCUT2D eigenvalue weighted by molar-refractivity contribution is -0.144. The van der Waals surface area contributed by atoms with Crippen LogP contribution in [0.5, 0.6) is 0 Å². The van der Waals surface area contributed by atoms with Crippen molar-refractivity contribution in [3.63, 3.8) is 0 Å². The zero-order valence-corrected chi connectivity index (χ0v) is 17.0. The lowest BCUT2D eigenvalue weighted by Crippen LogP contribution is -2.30. The van der Waals surface area contributed by atoms with E-state index in [1.165, 1.54) is 18.4 Å². The number of benzene rings is 3. The molecule has 0 spiro atoms. The van der Waals surface area contributed by atoms with Gasteiger partial charge in [-0.1, -0.05) is 72.5 Å². The highest BCUT2D eigenvalue weighted by Gasteiger charge is 2.36. The summed E-state index contributed by atoms with van der Waals surface area (Å²) in [6.45, 7) is 0. The van der Waals surface area contributed by atoms with Gasteiger partial charge in [-0.3, -0.25) is 4.79 Å². The van der Waals surface area contributed by atoms with E-state index < -0.39 is 17.7 Å². The summed E-state index contributed by atoms with van der Waals surface area (Å²) >= 11 is 0. The molecule has 5 heteroatoms. The van der Waals surface area contributed by atoms with Crippen molar-refractivity contribution >= 4 is 5.97 Å². The van der Waals surface area contributed by atoms with E-state index in [4.69, 9.17) is 4.74 Å². The second kappa shape index (κ2) is 9.15. The standard InChI is InChI=1S/C27H19F3O2/c28-27(29,30)23-15-12-19(13-16-23)11-14-22-18-32-26(31)24(17-20-7-3-1-4-8-20)25(22)21-9-5-2-6-10-21/h1-10,12-13,15-16,18,24-25H,17H2/t24-,25+/m0/s1. The number of allylic oxidation sites excluding steroid dienone is 1. The van der Waals surface area contributed by atoms with Gasteiger partial charge in [0.15, 0.2) is 0 Å². The molecule has 0 unspecified atom stereocenters. The molecule has 1 aliphatic rings. The van der Waals surface area contributed by atoms with Crippen LogP contribution in [-0.4, -0.2) is 5.97 Å². The minimum absolute atomic E-state index is 0.320. The molecule has 0 saturated carbocycles. The summed E-state index contributed by atoms with van der Waals surface area (Å²) in [7, 11) is 0. The normalized spacial score (nSPS) is 18.2. The number of carbonyl (C=O) groups excluding carboxylic acids is 1. The minimum Gasteiger partial charge on any atom is -0.433 e. The van der Waals surface area contributed by atoms with E-state index in [2.05, 4.69) is 11.8 Å². The average Bonchev–Trinajstić information content (AvgIpc) is 2.80. The Bertz CT molecular complexity index is 1170. The number of halogens is 3. The van der Waals surface area contributed by atoms with E-state index in [0.29, 0.717) is 17.6 Å². The fourth-order valence-electron chi connectivity index (χ4n) is 3.77. The van der Waals surface area contributed by atoms with Crippen LogP contribution in [0.2, 0.25) is 0 Å². The Morgan fingerprint density at radius 1 is 0.812 bits per heavy atom. The van der Waals surface area contributed by atoms with Gasteiger partial charge in [-0.05, 0) is 41.8 Å². The highest BCUT2D eigenvalue weighted by molar-refractivity contribution is 5.78. The van der Waals surface area contributed by atoms with Crippen LogP contribution in [0, 0.1) is 17.8 Å². The molecular weight excluding hydrogens is 413 g/mol. The first-order valence-electron chi connectivity index (χ1n) is 10.1. The van der Waals surface area contributed by atoms with Crippen LogP contribution < -0.4 is 0 Å². The number of alkyl halides is 3. The number of hydrogen-bond acceptors (Lipinski definition) is 2. The highest BCUT2D eigenvalue weighted by atomic mass is 19.4. The van der Waals surface area contributed by atoms with Crippen molar-refractivity contribution in [1.82, 2.24) is 0 Å². The molecule has 3 aromatic rings. The maximum absolute atomic E-state index is 12.8. The molecule has 0 bridgehead atoms. The van der Waals surface area contributed by atoms with Gasteiger partial charge in [0, 0.05) is 17.1 Å². The van der Waals surface area contributed by atoms with E-state index >= 15 is 0 Å². The number of rotatable bonds is 3. The van der Waals surface area contributed by atoms with Crippen molar-refractivity contribution in [2.45, 2.75) is 18.5 Å². The number of cyclic esters (lactones) is 1. The maximum atomic E-state index is 12.8. The van der Waals surface area contributed by atoms with Gasteiger partial charge in [0.2, 0.25) is 0 Å². The molecule has 4 rings (SSSR count). The molecule has 0 aliphatic carbocycles. The molecule has 2 atom stereocenters. The summed E-state index contributed by atoms with van der Waals surface area (Å²) < 4.78 is 43.7. The minimum atomic E-state index is -4.39. The fraction of sp³-hybridized carbons (Fsp3) is 0.148. The number of hydrogen-bond donors (Lipinski definition) is 0. The Labute approximate surface area is 184 Å². The van der Waals surface area contributed by atoms with Crippen molar-refractivity contribution in [2.24, 2.45) is 5.92 Å². The van der Waals surface area contributed by atoms with E-state index in [1.54, 1.807) is 0 Å². The third-order valence-corrected chi connectivity index (χ3v) is 5.36. The largest absolute Gasteiger partial charge is 0.433 e. The van der Waals surface area contributed by atoms with Gasteiger partial charge in [0.25, 0.3) is 0 Å². The van der Waals surface area contributed by atoms with Gasteiger partial charge in [0.05, 0.1) is 11.5 Å². The lowest BCUT2D eigenvalue weighted by Gasteiger charge is -2.29. The first-order valence-corrected chi connectivity index (χ1v) is 10.1. The van der Waals surface area contributed by atoms with Crippen LogP contribution in [0.3, 0.4) is 0 Å². The Morgan fingerprint density at radius 3 is 2.06 bits per heavy atom. The fourth-order valence-corrected chi connectivity index (χ4v) is 3.77. The van der Waals surface area contributed by atoms with Crippen LogP contribution in [0.15, 0.2) is 96.8 Å². The second-order valence-electron chi connectivity index (χ2n) is 7.52. The topological polar surface area (TPSA) is 26.3 Å². The van der Waals surface area contributed by atoms with Gasteiger partial charge in [-0.2, -0.15) is 13.2 Å². The highest BCUT2D eigenvalue weighted by Crippen LogP contribution is 2.38. The molecule has 0 aromatic heterocycles. The Hall–Kier alpha value is -3.78. The molecule has 3 aromatic carbocycles. The van der Waals surface area contributed by atoms with E-state index in [9.17, 15) is 18.0 Å². The molecule has 1 heterocycles. The van der Waals surface area contributed by atoms with Gasteiger partial charge >= 0.3 is 12.1 Å². The number of ether oxygens (including phenoxy) is 1. The van der Waals surface area contributed by atoms with E-state index in [0.717, 1.165) is 23.3 Å². The quantitative estimate of drug-likeness (QED) is 0.367. The van der Waals surface area contributed by atoms with Crippen LogP contribution in [0.4, 0.5) is 13.2 Å². The van der Waals surface area contributed by atoms with Gasteiger partial charge in [0.1, 0.15) is 6.26 Å². The summed E-state index contributed by atoms with van der Waals surface area (Å²) in [5.74, 6) is 4.83. The van der Waals surface area contributed by atoms with Gasteiger partial charge < -0.3 is 4.74 Å². The molecule has 1 aliphatic heterocycles. The molecule has 0 saturated heterocycles. The summed E-state index contributed by atoms with van der Waals surface area (Å²) in [5.41, 5.74) is 2.27. The molecule has 32 heavy (non-hydrogen) atoms. The van der Waals surface area contributed by atoms with Crippen molar-refractivity contribution in [3.8, 4) is 11.8 Å². The smallest absolute Gasteiger partial charge is 0.416 e. The summed E-state index contributed by atoms with van der Waals surface area (Å²) in [6, 6.07) is 23.9. The zero-order valence-electron chi connectivity index (χ0n) is 17.0. The van der Waals surface area contributed by atoms with Crippen molar-refractivity contribution in [2.75, 3.05) is 0 Å². The molecule has 0 radical (unpaired) electrons.